The minimum Gasteiger partial charge on any atom is -0.493 e. The summed E-state index contributed by atoms with van der Waals surface area (Å²) in [5, 5.41) is 2.74. The number of nitrogens with zero attached hydrogens (tertiary/aromatic N) is 2. The standard InChI is InChI=1S/C17H17N3O5/c1-10(20-15-13(25-17(20)22)5-4-8-18-15)16(21)19-11-6-7-12(23-2)14(9-11)24-3/h4-10H,1-3H3,(H,19,21). The van der Waals surface area contributed by atoms with Crippen molar-refractivity contribution in [2.24, 2.45) is 0 Å². The number of aromatic nitrogens is 2. The van der Waals surface area contributed by atoms with Crippen LogP contribution >= 0.6 is 0 Å². The monoisotopic (exact) mass is 343 g/mol. The maximum absolute atomic E-state index is 12.5. The Morgan fingerprint density at radius 3 is 2.72 bits per heavy atom. The maximum atomic E-state index is 12.5. The van der Waals surface area contributed by atoms with E-state index >= 15 is 0 Å². The number of pyridine rings is 1. The number of carbonyl (C=O) groups is 1. The van der Waals surface area contributed by atoms with E-state index in [1.54, 1.807) is 37.3 Å². The number of carbonyl (C=O) groups excluding carboxylic acids is 1. The number of benzene rings is 1. The van der Waals surface area contributed by atoms with Crippen LogP contribution in [0.3, 0.4) is 0 Å². The van der Waals surface area contributed by atoms with Gasteiger partial charge in [0.25, 0.3) is 0 Å². The number of fused-ring (bicyclic) bond motifs is 1. The van der Waals surface area contributed by atoms with Gasteiger partial charge in [0.15, 0.2) is 22.7 Å². The first-order chi connectivity index (χ1) is 12.0. The first-order valence-corrected chi connectivity index (χ1v) is 7.54. The Kier molecular flexibility index (Phi) is 4.42. The van der Waals surface area contributed by atoms with Crippen molar-refractivity contribution in [3.05, 3.63) is 47.1 Å². The predicted molar refractivity (Wildman–Crippen MR) is 91.2 cm³/mol. The summed E-state index contributed by atoms with van der Waals surface area (Å²) in [4.78, 5) is 28.7. The first kappa shape index (κ1) is 16.6. The molecule has 0 bridgehead atoms. The lowest BCUT2D eigenvalue weighted by molar-refractivity contribution is -0.118. The summed E-state index contributed by atoms with van der Waals surface area (Å²) in [5.41, 5.74) is 1.17. The van der Waals surface area contributed by atoms with Crippen LogP contribution in [-0.4, -0.2) is 29.7 Å². The normalized spacial score (nSPS) is 12.0. The molecule has 1 unspecified atom stereocenters. The van der Waals surface area contributed by atoms with Crippen LogP contribution < -0.4 is 20.5 Å². The second kappa shape index (κ2) is 6.68. The number of anilines is 1. The van der Waals surface area contributed by atoms with Crippen molar-refractivity contribution in [1.82, 2.24) is 9.55 Å². The average molecular weight is 343 g/mol. The fourth-order valence-corrected chi connectivity index (χ4v) is 2.49. The van der Waals surface area contributed by atoms with Crippen LogP contribution in [0.2, 0.25) is 0 Å². The lowest BCUT2D eigenvalue weighted by Crippen LogP contribution is -2.29. The minimum absolute atomic E-state index is 0.322. The zero-order chi connectivity index (χ0) is 18.0. The van der Waals surface area contributed by atoms with Gasteiger partial charge in [0.05, 0.1) is 14.2 Å². The summed E-state index contributed by atoms with van der Waals surface area (Å²) in [6.45, 7) is 1.60. The minimum atomic E-state index is -0.809. The second-order valence-corrected chi connectivity index (χ2v) is 5.30. The SMILES string of the molecule is COc1ccc(NC(=O)C(C)n2c(=O)oc3cccnc32)cc1OC. The fraction of sp³-hybridized carbons (Fsp3) is 0.235. The van der Waals surface area contributed by atoms with Gasteiger partial charge in [-0.05, 0) is 31.2 Å². The average Bonchev–Trinajstić information content (AvgIpc) is 2.96. The Bertz CT molecular complexity index is 976. The maximum Gasteiger partial charge on any atom is 0.421 e. The largest absolute Gasteiger partial charge is 0.493 e. The molecule has 3 aromatic rings. The Labute approximate surface area is 143 Å². The molecule has 0 saturated carbocycles. The fourth-order valence-electron chi connectivity index (χ4n) is 2.49. The smallest absolute Gasteiger partial charge is 0.421 e. The van der Waals surface area contributed by atoms with Gasteiger partial charge in [-0.2, -0.15) is 0 Å². The highest BCUT2D eigenvalue weighted by molar-refractivity contribution is 5.94. The lowest BCUT2D eigenvalue weighted by atomic mass is 10.2. The summed E-state index contributed by atoms with van der Waals surface area (Å²) in [7, 11) is 3.04. The number of hydrogen-bond donors (Lipinski definition) is 1. The molecule has 0 radical (unpaired) electrons. The summed E-state index contributed by atoms with van der Waals surface area (Å²) in [6, 6.07) is 7.47. The van der Waals surface area contributed by atoms with Crippen molar-refractivity contribution in [2.45, 2.75) is 13.0 Å². The number of ether oxygens (including phenoxy) is 2. The molecule has 25 heavy (non-hydrogen) atoms. The van der Waals surface area contributed by atoms with Gasteiger partial charge < -0.3 is 19.2 Å². The predicted octanol–water partition coefficient (Wildman–Crippen LogP) is 2.21. The van der Waals surface area contributed by atoms with Crippen LogP contribution in [0.25, 0.3) is 11.2 Å². The topological polar surface area (TPSA) is 95.6 Å². The van der Waals surface area contributed by atoms with Gasteiger partial charge in [-0.1, -0.05) is 0 Å². The molecule has 2 heterocycles. The molecular weight excluding hydrogens is 326 g/mol. The van der Waals surface area contributed by atoms with E-state index in [4.69, 9.17) is 13.9 Å². The molecule has 1 amide bonds. The van der Waals surface area contributed by atoms with Gasteiger partial charge in [-0.15, -0.1) is 0 Å². The highest BCUT2D eigenvalue weighted by Crippen LogP contribution is 2.30. The molecule has 2 aromatic heterocycles. The summed E-state index contributed by atoms with van der Waals surface area (Å²) < 4.78 is 16.7. The zero-order valence-corrected chi connectivity index (χ0v) is 14.0. The molecular formula is C17H17N3O5. The van der Waals surface area contributed by atoms with E-state index in [0.717, 1.165) is 0 Å². The van der Waals surface area contributed by atoms with Gasteiger partial charge in [-0.25, -0.2) is 14.3 Å². The molecule has 130 valence electrons. The number of nitrogens with one attached hydrogen (secondary N) is 1. The van der Waals surface area contributed by atoms with Crippen molar-refractivity contribution in [2.75, 3.05) is 19.5 Å². The zero-order valence-electron chi connectivity index (χ0n) is 14.0. The van der Waals surface area contributed by atoms with E-state index in [0.29, 0.717) is 28.4 Å². The van der Waals surface area contributed by atoms with Gasteiger partial charge in [0.2, 0.25) is 5.91 Å². The van der Waals surface area contributed by atoms with E-state index < -0.39 is 11.8 Å². The summed E-state index contributed by atoms with van der Waals surface area (Å²) in [5.74, 6) is 0.0154. The molecule has 1 atom stereocenters. The third kappa shape index (κ3) is 3.06. The molecule has 0 saturated heterocycles. The molecule has 3 rings (SSSR count). The van der Waals surface area contributed by atoms with Crippen LogP contribution in [0.5, 0.6) is 11.5 Å². The van der Waals surface area contributed by atoms with Crippen LogP contribution in [0.4, 0.5) is 5.69 Å². The molecule has 0 aliphatic rings. The number of oxazole rings is 1. The molecule has 8 heteroatoms. The highest BCUT2D eigenvalue weighted by atomic mass is 16.5. The van der Waals surface area contributed by atoms with Gasteiger partial charge in [0.1, 0.15) is 6.04 Å². The van der Waals surface area contributed by atoms with Crippen LogP contribution in [-0.2, 0) is 4.79 Å². The van der Waals surface area contributed by atoms with Gasteiger partial charge >= 0.3 is 5.76 Å². The highest BCUT2D eigenvalue weighted by Gasteiger charge is 2.22. The number of rotatable bonds is 5. The Morgan fingerprint density at radius 1 is 1.24 bits per heavy atom. The van der Waals surface area contributed by atoms with E-state index in [-0.39, 0.29) is 5.91 Å². The molecule has 0 fully saturated rings. The molecule has 1 N–H and O–H groups in total. The van der Waals surface area contributed by atoms with E-state index in [2.05, 4.69) is 10.3 Å². The second-order valence-electron chi connectivity index (χ2n) is 5.30. The molecule has 0 aliphatic carbocycles. The molecule has 0 spiro atoms. The van der Waals surface area contributed by atoms with Crippen molar-refractivity contribution in [3.8, 4) is 11.5 Å². The van der Waals surface area contributed by atoms with Gasteiger partial charge in [-0.3, -0.25) is 4.79 Å². The van der Waals surface area contributed by atoms with Crippen molar-refractivity contribution >= 4 is 22.8 Å². The van der Waals surface area contributed by atoms with Crippen molar-refractivity contribution < 1.29 is 18.7 Å². The van der Waals surface area contributed by atoms with E-state index in [9.17, 15) is 9.59 Å². The van der Waals surface area contributed by atoms with Crippen LogP contribution in [0.15, 0.2) is 45.7 Å². The quantitative estimate of drug-likeness (QED) is 0.763. The Balaban J connectivity index is 1.88. The van der Waals surface area contributed by atoms with Crippen molar-refractivity contribution in [1.29, 1.82) is 0 Å². The summed E-state index contributed by atoms with van der Waals surface area (Å²) >= 11 is 0. The number of amides is 1. The third-order valence-corrected chi connectivity index (χ3v) is 3.79. The van der Waals surface area contributed by atoms with E-state index in [1.165, 1.54) is 25.0 Å². The molecule has 0 aliphatic heterocycles. The summed E-state index contributed by atoms with van der Waals surface area (Å²) in [6.07, 6.45) is 1.53. The first-order valence-electron chi connectivity index (χ1n) is 7.54. The van der Waals surface area contributed by atoms with Crippen molar-refractivity contribution in [3.63, 3.8) is 0 Å². The molecule has 8 nitrogen and oxygen atoms in total. The van der Waals surface area contributed by atoms with E-state index in [1.807, 2.05) is 0 Å². The Morgan fingerprint density at radius 2 is 2.00 bits per heavy atom. The van der Waals surface area contributed by atoms with Crippen LogP contribution in [0.1, 0.15) is 13.0 Å². The Hall–Kier alpha value is -3.29. The molecule has 1 aromatic carbocycles. The number of methoxy groups -OCH3 is 2. The third-order valence-electron chi connectivity index (χ3n) is 3.79. The lowest BCUT2D eigenvalue weighted by Gasteiger charge is -2.14. The van der Waals surface area contributed by atoms with Crippen LogP contribution in [0, 0.1) is 0 Å². The van der Waals surface area contributed by atoms with Gasteiger partial charge in [0, 0.05) is 18.0 Å². The number of hydrogen-bond acceptors (Lipinski definition) is 6.